The number of carbonyl (C=O) groups is 1. The van der Waals surface area contributed by atoms with Crippen LogP contribution < -0.4 is 0 Å². The number of aliphatic carboxylic acids is 1. The van der Waals surface area contributed by atoms with E-state index in [4.69, 9.17) is 5.11 Å². The lowest BCUT2D eigenvalue weighted by atomic mass is 10.0. The first-order valence-corrected chi connectivity index (χ1v) is 8.01. The monoisotopic (exact) mass is 330 g/mol. The van der Waals surface area contributed by atoms with E-state index in [1.165, 1.54) is 0 Å². The van der Waals surface area contributed by atoms with E-state index in [9.17, 15) is 24.2 Å². The average Bonchev–Trinajstić information content (AvgIpc) is 2.32. The molecule has 0 aliphatic rings. The van der Waals surface area contributed by atoms with Crippen LogP contribution >= 0.6 is 10.2 Å². The highest BCUT2D eigenvalue weighted by molar-refractivity contribution is 8.46. The summed E-state index contributed by atoms with van der Waals surface area (Å²) in [5.74, 6) is -2.06. The molecule has 1 aromatic rings. The molecule has 2 nitrogen and oxygen atoms in total. The van der Waals surface area contributed by atoms with Crippen LogP contribution in [0, 0.1) is 0 Å². The number of carboxylic acids is 1. The Balaban J connectivity index is 2.86. The minimum absolute atomic E-state index is 0.151. The van der Waals surface area contributed by atoms with Crippen molar-refractivity contribution in [2.75, 3.05) is 0 Å². The summed E-state index contributed by atoms with van der Waals surface area (Å²) < 4.78 is 64.5. The van der Waals surface area contributed by atoms with Crippen LogP contribution in [-0.4, -0.2) is 16.3 Å². The summed E-state index contributed by atoms with van der Waals surface area (Å²) in [4.78, 5) is 10.6. The molecule has 0 saturated carbocycles. The fraction of sp³-hybridized carbons (Fsp3) is 0.308. The quantitative estimate of drug-likeness (QED) is 0.543. The maximum Gasteiger partial charge on any atom is 0.332 e. The number of aryl methyl sites for hydroxylation is 1. The third kappa shape index (κ3) is 5.37. The molecule has 0 bridgehead atoms. The minimum atomic E-state index is -9.95. The first-order chi connectivity index (χ1) is 9.31. The van der Waals surface area contributed by atoms with Gasteiger partial charge in [-0.2, -0.15) is 0 Å². The first-order valence-electron chi connectivity index (χ1n) is 6.00. The van der Waals surface area contributed by atoms with Gasteiger partial charge in [-0.05, 0) is 24.8 Å². The summed E-state index contributed by atoms with van der Waals surface area (Å²) in [5, 5.41) is 5.25. The molecule has 0 spiro atoms. The summed E-state index contributed by atoms with van der Waals surface area (Å²) in [7, 11) is -9.95. The summed E-state index contributed by atoms with van der Waals surface area (Å²) >= 11 is 0. The molecule has 0 aromatic heterocycles. The minimum Gasteiger partial charge on any atom is -0.478 e. The van der Waals surface area contributed by atoms with Crippen molar-refractivity contribution >= 4 is 16.2 Å². The average molecular weight is 330 g/mol. The van der Waals surface area contributed by atoms with Gasteiger partial charge in [0.1, 0.15) is 5.25 Å². The number of hydrogen-bond donors (Lipinski definition) is 1. The van der Waals surface area contributed by atoms with Crippen LogP contribution in [0.1, 0.15) is 18.4 Å². The van der Waals surface area contributed by atoms with Gasteiger partial charge in [-0.25, -0.2) is 4.79 Å². The van der Waals surface area contributed by atoms with Gasteiger partial charge in [-0.1, -0.05) is 56.3 Å². The molecule has 1 N–H and O–H groups in total. The standard InChI is InChI=1S/C13H15F5O2S/c1-10(13(19)20)12(21(14,15,16,17)18)9-5-8-11-6-3-2-4-7-11/h2-4,6-7,12H,1,5,8-9H2,(H,19,20). The molecular formula is C13H15F5O2S. The van der Waals surface area contributed by atoms with Crippen LogP contribution in [0.2, 0.25) is 0 Å². The highest BCUT2D eigenvalue weighted by atomic mass is 32.5. The predicted octanol–water partition coefficient (Wildman–Crippen LogP) is 5.32. The Hall–Kier alpha value is -1.57. The van der Waals surface area contributed by atoms with Crippen molar-refractivity contribution in [2.45, 2.75) is 24.5 Å². The molecule has 0 aliphatic carbocycles. The molecule has 21 heavy (non-hydrogen) atoms. The van der Waals surface area contributed by atoms with Crippen LogP contribution in [0.25, 0.3) is 0 Å². The first kappa shape index (κ1) is 17.5. The number of carboxylic acid groups (broad SMARTS) is 1. The van der Waals surface area contributed by atoms with Gasteiger partial charge in [0.25, 0.3) is 10.2 Å². The Morgan fingerprint density at radius 1 is 1.14 bits per heavy atom. The molecule has 8 heteroatoms. The van der Waals surface area contributed by atoms with E-state index in [1.54, 1.807) is 30.3 Å². The van der Waals surface area contributed by atoms with Crippen LogP contribution in [0.5, 0.6) is 0 Å². The molecule has 0 fully saturated rings. The summed E-state index contributed by atoms with van der Waals surface area (Å²) in [5.41, 5.74) is -0.818. The van der Waals surface area contributed by atoms with Crippen molar-refractivity contribution in [3.63, 3.8) is 0 Å². The maximum atomic E-state index is 12.9. The van der Waals surface area contributed by atoms with E-state index < -0.39 is 33.4 Å². The normalized spacial score (nSPS) is 16.6. The van der Waals surface area contributed by atoms with Gasteiger partial charge in [0.05, 0.1) is 5.57 Å². The topological polar surface area (TPSA) is 37.3 Å². The molecule has 1 atom stereocenters. The Bertz CT molecular complexity index is 538. The van der Waals surface area contributed by atoms with Gasteiger partial charge in [0.15, 0.2) is 0 Å². The second-order valence-corrected chi connectivity index (χ2v) is 7.35. The van der Waals surface area contributed by atoms with Crippen LogP contribution in [0.15, 0.2) is 42.5 Å². The van der Waals surface area contributed by atoms with Crippen molar-refractivity contribution in [3.8, 4) is 0 Å². The lowest BCUT2D eigenvalue weighted by molar-refractivity contribution is -0.132. The third-order valence-electron chi connectivity index (χ3n) is 2.98. The van der Waals surface area contributed by atoms with Crippen molar-refractivity contribution in [2.24, 2.45) is 0 Å². The van der Waals surface area contributed by atoms with Crippen LogP contribution in [0.3, 0.4) is 0 Å². The fourth-order valence-electron chi connectivity index (χ4n) is 1.94. The van der Waals surface area contributed by atoms with Gasteiger partial charge in [0.2, 0.25) is 0 Å². The Morgan fingerprint density at radius 3 is 2.10 bits per heavy atom. The third-order valence-corrected chi connectivity index (χ3v) is 4.57. The van der Waals surface area contributed by atoms with E-state index in [2.05, 4.69) is 6.58 Å². The lowest BCUT2D eigenvalue weighted by Gasteiger charge is -2.47. The molecule has 0 amide bonds. The summed E-state index contributed by atoms with van der Waals surface area (Å²) in [6, 6.07) is 8.37. The fourth-order valence-corrected chi connectivity index (χ4v) is 3.19. The van der Waals surface area contributed by atoms with Gasteiger partial charge in [0, 0.05) is 0 Å². The number of hydrogen-bond acceptors (Lipinski definition) is 1. The van der Waals surface area contributed by atoms with Gasteiger partial charge < -0.3 is 5.11 Å². The second-order valence-electron chi connectivity index (χ2n) is 4.73. The van der Waals surface area contributed by atoms with Crippen molar-refractivity contribution in [1.29, 1.82) is 0 Å². The smallest absolute Gasteiger partial charge is 0.332 e. The molecule has 0 saturated heterocycles. The molecule has 0 aliphatic heterocycles. The number of halogens is 5. The molecular weight excluding hydrogens is 315 g/mol. The molecule has 1 unspecified atom stereocenters. The van der Waals surface area contributed by atoms with E-state index in [1.807, 2.05) is 0 Å². The highest BCUT2D eigenvalue weighted by Gasteiger charge is 2.70. The van der Waals surface area contributed by atoms with Gasteiger partial charge in [-0.15, -0.1) is 0 Å². The van der Waals surface area contributed by atoms with E-state index in [0.29, 0.717) is 5.56 Å². The summed E-state index contributed by atoms with van der Waals surface area (Å²) in [6.45, 7) is 2.67. The highest BCUT2D eigenvalue weighted by Crippen LogP contribution is 3.01. The van der Waals surface area contributed by atoms with Gasteiger partial charge in [-0.3, -0.25) is 0 Å². The second kappa shape index (κ2) is 5.01. The Morgan fingerprint density at radius 2 is 1.67 bits per heavy atom. The number of benzene rings is 1. The molecule has 120 valence electrons. The zero-order chi connectivity index (χ0) is 16.4. The Labute approximate surface area is 119 Å². The van der Waals surface area contributed by atoms with Crippen molar-refractivity contribution in [3.05, 3.63) is 48.0 Å². The Kier molecular flexibility index (Phi) is 4.17. The van der Waals surface area contributed by atoms with Crippen LogP contribution in [-0.2, 0) is 11.2 Å². The zero-order valence-corrected chi connectivity index (χ0v) is 11.8. The summed E-state index contributed by atoms with van der Waals surface area (Å²) in [6.07, 6.45) is -1.07. The van der Waals surface area contributed by atoms with Crippen molar-refractivity contribution < 1.29 is 29.3 Å². The molecule has 0 heterocycles. The number of rotatable bonds is 7. The van der Waals surface area contributed by atoms with Crippen molar-refractivity contribution in [1.82, 2.24) is 0 Å². The molecule has 0 radical (unpaired) electrons. The SMILES string of the molecule is C=C(C(=O)O)C(CCCc1ccccc1)S(F)(F)(F)(F)F. The zero-order valence-electron chi connectivity index (χ0n) is 10.9. The van der Waals surface area contributed by atoms with E-state index in [-0.39, 0.29) is 12.8 Å². The molecule has 1 aromatic carbocycles. The lowest BCUT2D eigenvalue weighted by Crippen LogP contribution is -2.30. The van der Waals surface area contributed by atoms with E-state index in [0.717, 1.165) is 0 Å². The van der Waals surface area contributed by atoms with Crippen LogP contribution in [0.4, 0.5) is 19.4 Å². The van der Waals surface area contributed by atoms with Gasteiger partial charge >= 0.3 is 5.97 Å². The van der Waals surface area contributed by atoms with E-state index >= 15 is 0 Å². The maximum absolute atomic E-state index is 12.9. The predicted molar refractivity (Wildman–Crippen MR) is 73.1 cm³/mol. The largest absolute Gasteiger partial charge is 0.478 e. The molecule has 1 rings (SSSR count).